The summed E-state index contributed by atoms with van der Waals surface area (Å²) in [6.07, 6.45) is 0. The highest BCUT2D eigenvalue weighted by atomic mass is 32.2. The number of rotatable bonds is 8. The number of likely N-dealkylation sites (N-methyl/N-ethyl adjacent to an activating group) is 1. The fraction of sp³-hybridized carbons (Fsp3) is 0.333. The van der Waals surface area contributed by atoms with Gasteiger partial charge in [-0.3, -0.25) is 13.9 Å². The molecule has 0 saturated heterocycles. The topological polar surface area (TPSA) is 86.8 Å². The van der Waals surface area contributed by atoms with Gasteiger partial charge in [-0.2, -0.15) is 0 Å². The van der Waals surface area contributed by atoms with E-state index in [1.54, 1.807) is 31.2 Å². The second-order valence-electron chi connectivity index (χ2n) is 6.92. The Morgan fingerprint density at radius 3 is 2.28 bits per heavy atom. The van der Waals surface area contributed by atoms with E-state index in [0.29, 0.717) is 5.69 Å². The molecule has 0 radical (unpaired) electrons. The summed E-state index contributed by atoms with van der Waals surface area (Å²) in [5.41, 5.74) is 0.754. The van der Waals surface area contributed by atoms with E-state index in [-0.39, 0.29) is 35.5 Å². The highest BCUT2D eigenvalue weighted by molar-refractivity contribution is 7.92. The summed E-state index contributed by atoms with van der Waals surface area (Å²) in [6.45, 7) is 5.56. The number of nitrogens with zero attached hydrogens (tertiary/aromatic N) is 2. The lowest BCUT2D eigenvalue weighted by molar-refractivity contribution is -0.122. The number of sulfonamides is 1. The molecule has 0 unspecified atom stereocenters. The van der Waals surface area contributed by atoms with Crippen molar-refractivity contribution in [2.45, 2.75) is 31.7 Å². The molecule has 0 atom stereocenters. The van der Waals surface area contributed by atoms with Crippen LogP contribution in [0.2, 0.25) is 0 Å². The summed E-state index contributed by atoms with van der Waals surface area (Å²) in [7, 11) is -2.34. The third-order valence-corrected chi connectivity index (χ3v) is 6.08. The minimum atomic E-state index is -3.84. The van der Waals surface area contributed by atoms with Crippen molar-refractivity contribution >= 4 is 27.5 Å². The summed E-state index contributed by atoms with van der Waals surface area (Å²) < 4.78 is 27.6. The monoisotopic (exact) mass is 417 g/mol. The smallest absolute Gasteiger partial charge is 0.264 e. The van der Waals surface area contributed by atoms with Crippen LogP contribution in [0, 0.1) is 0 Å². The number of hydrogen-bond acceptors (Lipinski definition) is 4. The molecule has 0 aliphatic heterocycles. The van der Waals surface area contributed by atoms with E-state index in [0.717, 1.165) is 0 Å². The van der Waals surface area contributed by atoms with Gasteiger partial charge in [0.15, 0.2) is 0 Å². The van der Waals surface area contributed by atoms with E-state index >= 15 is 0 Å². The molecule has 0 aliphatic rings. The summed E-state index contributed by atoms with van der Waals surface area (Å²) in [5, 5.41) is 2.72. The molecular weight excluding hydrogens is 390 g/mol. The minimum absolute atomic E-state index is 0.0223. The molecule has 0 spiro atoms. The van der Waals surface area contributed by atoms with Gasteiger partial charge >= 0.3 is 0 Å². The molecule has 0 fully saturated rings. The molecule has 29 heavy (non-hydrogen) atoms. The molecule has 1 N–H and O–H groups in total. The molecule has 0 saturated carbocycles. The molecule has 7 nitrogen and oxygen atoms in total. The molecule has 0 bridgehead atoms. The zero-order valence-electron chi connectivity index (χ0n) is 17.1. The van der Waals surface area contributed by atoms with Gasteiger partial charge in [0.2, 0.25) is 5.91 Å². The Labute approximate surface area is 172 Å². The summed E-state index contributed by atoms with van der Waals surface area (Å²) >= 11 is 0. The molecular formula is C21H27N3O4S. The van der Waals surface area contributed by atoms with E-state index in [4.69, 9.17) is 0 Å². The number of benzene rings is 2. The van der Waals surface area contributed by atoms with Gasteiger partial charge in [-0.1, -0.05) is 24.3 Å². The Hall–Kier alpha value is -2.87. The van der Waals surface area contributed by atoms with Gasteiger partial charge in [-0.25, -0.2) is 8.42 Å². The average Bonchev–Trinajstić information content (AvgIpc) is 2.68. The molecule has 0 heterocycles. The van der Waals surface area contributed by atoms with Crippen LogP contribution in [0.15, 0.2) is 59.5 Å². The number of amides is 2. The SMILES string of the molecule is CCN(c1ccccc1)S(=O)(=O)c1cccc(C(=O)N(C)CC(=O)NC(C)C)c1. The normalized spacial score (nSPS) is 11.2. The third kappa shape index (κ3) is 5.57. The van der Waals surface area contributed by atoms with Crippen LogP contribution < -0.4 is 9.62 Å². The Kier molecular flexibility index (Phi) is 7.39. The van der Waals surface area contributed by atoms with Crippen molar-refractivity contribution < 1.29 is 18.0 Å². The first-order valence-electron chi connectivity index (χ1n) is 9.39. The van der Waals surface area contributed by atoms with Gasteiger partial charge in [-0.05, 0) is 51.1 Å². The van der Waals surface area contributed by atoms with E-state index in [1.165, 1.54) is 40.5 Å². The number of carbonyl (C=O) groups is 2. The lowest BCUT2D eigenvalue weighted by atomic mass is 10.2. The molecule has 8 heteroatoms. The van der Waals surface area contributed by atoms with E-state index < -0.39 is 15.9 Å². The fourth-order valence-electron chi connectivity index (χ4n) is 2.88. The van der Waals surface area contributed by atoms with E-state index in [2.05, 4.69) is 5.32 Å². The first-order chi connectivity index (χ1) is 13.7. The molecule has 2 rings (SSSR count). The van der Waals surface area contributed by atoms with Gasteiger partial charge in [0.25, 0.3) is 15.9 Å². The van der Waals surface area contributed by atoms with Crippen molar-refractivity contribution in [1.29, 1.82) is 0 Å². The largest absolute Gasteiger partial charge is 0.352 e. The molecule has 156 valence electrons. The van der Waals surface area contributed by atoms with Gasteiger partial charge in [-0.15, -0.1) is 0 Å². The maximum Gasteiger partial charge on any atom is 0.264 e. The maximum atomic E-state index is 13.1. The van der Waals surface area contributed by atoms with Crippen molar-refractivity contribution in [2.24, 2.45) is 0 Å². The highest BCUT2D eigenvalue weighted by Crippen LogP contribution is 2.24. The van der Waals surface area contributed by atoms with Crippen molar-refractivity contribution in [3.8, 4) is 0 Å². The van der Waals surface area contributed by atoms with Gasteiger partial charge in [0, 0.05) is 25.2 Å². The number of hydrogen-bond donors (Lipinski definition) is 1. The van der Waals surface area contributed by atoms with Crippen LogP contribution in [0.3, 0.4) is 0 Å². The van der Waals surface area contributed by atoms with Crippen LogP contribution in [0.1, 0.15) is 31.1 Å². The lowest BCUT2D eigenvalue weighted by Crippen LogP contribution is -2.40. The van der Waals surface area contributed by atoms with Crippen molar-refractivity contribution in [2.75, 3.05) is 24.4 Å². The quantitative estimate of drug-likeness (QED) is 0.715. The van der Waals surface area contributed by atoms with Crippen LogP contribution in [-0.2, 0) is 14.8 Å². The highest BCUT2D eigenvalue weighted by Gasteiger charge is 2.25. The first kappa shape index (κ1) is 22.4. The zero-order chi connectivity index (χ0) is 21.6. The molecule has 2 amide bonds. The number of para-hydroxylation sites is 1. The van der Waals surface area contributed by atoms with Crippen LogP contribution in [0.25, 0.3) is 0 Å². The summed E-state index contributed by atoms with van der Waals surface area (Å²) in [4.78, 5) is 25.9. The van der Waals surface area contributed by atoms with Crippen LogP contribution in [-0.4, -0.2) is 51.3 Å². The summed E-state index contributed by atoms with van der Waals surface area (Å²) in [5.74, 6) is -0.704. The predicted molar refractivity (Wildman–Crippen MR) is 113 cm³/mol. The van der Waals surface area contributed by atoms with Crippen LogP contribution in [0.5, 0.6) is 0 Å². The van der Waals surface area contributed by atoms with Gasteiger partial charge in [0.05, 0.1) is 17.1 Å². The number of carbonyl (C=O) groups excluding carboxylic acids is 2. The fourth-order valence-corrected chi connectivity index (χ4v) is 4.40. The van der Waals surface area contributed by atoms with Crippen molar-refractivity contribution in [3.63, 3.8) is 0 Å². The Balaban J connectivity index is 2.28. The van der Waals surface area contributed by atoms with Crippen LogP contribution in [0.4, 0.5) is 5.69 Å². The zero-order valence-corrected chi connectivity index (χ0v) is 17.9. The Morgan fingerprint density at radius 1 is 1.03 bits per heavy atom. The molecule has 2 aromatic carbocycles. The molecule has 2 aromatic rings. The number of anilines is 1. The molecule has 0 aromatic heterocycles. The second kappa shape index (κ2) is 9.56. The van der Waals surface area contributed by atoms with E-state index in [1.807, 2.05) is 19.9 Å². The number of nitrogens with one attached hydrogen (secondary N) is 1. The Morgan fingerprint density at radius 2 is 1.69 bits per heavy atom. The predicted octanol–water partition coefficient (Wildman–Crippen LogP) is 2.50. The first-order valence-corrected chi connectivity index (χ1v) is 10.8. The van der Waals surface area contributed by atoms with E-state index in [9.17, 15) is 18.0 Å². The maximum absolute atomic E-state index is 13.1. The van der Waals surface area contributed by atoms with Crippen molar-refractivity contribution in [1.82, 2.24) is 10.2 Å². The molecule has 0 aliphatic carbocycles. The van der Waals surface area contributed by atoms with Gasteiger partial charge in [0.1, 0.15) is 0 Å². The second-order valence-corrected chi connectivity index (χ2v) is 8.78. The van der Waals surface area contributed by atoms with Crippen LogP contribution >= 0.6 is 0 Å². The van der Waals surface area contributed by atoms with Gasteiger partial charge < -0.3 is 10.2 Å². The Bertz CT molecular complexity index is 959. The summed E-state index contributed by atoms with van der Waals surface area (Å²) in [6, 6.07) is 14.6. The minimum Gasteiger partial charge on any atom is -0.352 e. The van der Waals surface area contributed by atoms with Crippen molar-refractivity contribution in [3.05, 3.63) is 60.2 Å². The lowest BCUT2D eigenvalue weighted by Gasteiger charge is -2.23. The third-order valence-electron chi connectivity index (χ3n) is 4.18. The average molecular weight is 418 g/mol. The standard InChI is InChI=1S/C21H27N3O4S/c1-5-24(18-11-7-6-8-12-18)29(27,28)19-13-9-10-17(14-19)21(26)23(4)15-20(25)22-16(2)3/h6-14,16H,5,15H2,1-4H3,(H,22,25).